The van der Waals surface area contributed by atoms with Crippen molar-refractivity contribution >= 4 is 16.7 Å². The van der Waals surface area contributed by atoms with Gasteiger partial charge in [-0.2, -0.15) is 0 Å². The van der Waals surface area contributed by atoms with Gasteiger partial charge in [0.1, 0.15) is 5.82 Å². The maximum absolute atomic E-state index is 5.61. The molecule has 0 radical (unpaired) electrons. The molecule has 0 saturated heterocycles. The Morgan fingerprint density at radius 3 is 2.61 bits per heavy atom. The van der Waals surface area contributed by atoms with Crippen LogP contribution in [0.4, 0.5) is 0 Å². The molecule has 2 heterocycles. The van der Waals surface area contributed by atoms with Gasteiger partial charge in [0, 0.05) is 17.0 Å². The molecule has 0 spiro atoms. The number of H-pyrrole nitrogens is 1. The fourth-order valence-corrected chi connectivity index (χ4v) is 4.79. The van der Waals surface area contributed by atoms with E-state index in [9.17, 15) is 0 Å². The number of aromatic amines is 1. The first-order valence-corrected chi connectivity index (χ1v) is 9.99. The zero-order valence-electron chi connectivity index (χ0n) is 16.6. The van der Waals surface area contributed by atoms with Crippen LogP contribution >= 0.6 is 0 Å². The predicted octanol–water partition coefficient (Wildman–Crippen LogP) is 4.77. The van der Waals surface area contributed by atoms with Gasteiger partial charge in [-0.05, 0) is 49.6 Å². The van der Waals surface area contributed by atoms with E-state index in [-0.39, 0.29) is 0 Å². The maximum atomic E-state index is 5.61. The predicted molar refractivity (Wildman–Crippen MR) is 111 cm³/mol. The van der Waals surface area contributed by atoms with Gasteiger partial charge in [-0.15, -0.1) is 0 Å². The first-order chi connectivity index (χ1) is 13.7. The van der Waals surface area contributed by atoms with E-state index in [1.807, 2.05) is 6.92 Å². The summed E-state index contributed by atoms with van der Waals surface area (Å²) < 4.78 is 11.2. The van der Waals surface area contributed by atoms with E-state index in [1.54, 1.807) is 14.2 Å². The first kappa shape index (κ1) is 17.3. The number of aliphatic imine (C=N–C) groups is 1. The van der Waals surface area contributed by atoms with Gasteiger partial charge in [-0.3, -0.25) is 4.99 Å². The molecule has 1 aromatic heterocycles. The molecule has 5 rings (SSSR count). The molecular weight excluding hydrogens is 350 g/mol. The molecule has 5 heteroatoms. The van der Waals surface area contributed by atoms with Crippen molar-refractivity contribution in [1.29, 1.82) is 0 Å². The molecular formula is C23H25N3O2. The molecule has 2 atom stereocenters. The van der Waals surface area contributed by atoms with Gasteiger partial charge in [-0.25, -0.2) is 4.98 Å². The number of rotatable bonds is 3. The van der Waals surface area contributed by atoms with Crippen LogP contribution in [0.25, 0.3) is 11.0 Å². The van der Waals surface area contributed by atoms with Gasteiger partial charge in [0.05, 0.1) is 37.0 Å². The molecule has 1 aliphatic carbocycles. The summed E-state index contributed by atoms with van der Waals surface area (Å²) in [5, 5.41) is 0. The molecule has 2 aromatic carbocycles. The Bertz CT molecular complexity index is 1080. The third-order valence-electron chi connectivity index (χ3n) is 6.11. The molecule has 0 amide bonds. The van der Waals surface area contributed by atoms with Crippen LogP contribution in [0.15, 0.2) is 35.3 Å². The number of hydrogen-bond acceptors (Lipinski definition) is 4. The van der Waals surface area contributed by atoms with Crippen molar-refractivity contribution in [2.24, 2.45) is 4.99 Å². The number of nitrogens with zero attached hydrogens (tertiary/aromatic N) is 2. The summed E-state index contributed by atoms with van der Waals surface area (Å²) in [5.74, 6) is 2.94. The maximum Gasteiger partial charge on any atom is 0.161 e. The van der Waals surface area contributed by atoms with Crippen LogP contribution in [0.5, 0.6) is 11.5 Å². The van der Waals surface area contributed by atoms with Crippen molar-refractivity contribution in [3.63, 3.8) is 0 Å². The van der Waals surface area contributed by atoms with Crippen molar-refractivity contribution in [2.45, 2.75) is 44.6 Å². The molecule has 1 aliphatic heterocycles. The highest BCUT2D eigenvalue weighted by molar-refractivity contribution is 6.16. The zero-order chi connectivity index (χ0) is 19.3. The van der Waals surface area contributed by atoms with Crippen LogP contribution in [0, 0.1) is 6.92 Å². The van der Waals surface area contributed by atoms with E-state index in [1.165, 1.54) is 24.8 Å². The number of aromatic nitrogens is 2. The van der Waals surface area contributed by atoms with E-state index in [4.69, 9.17) is 14.5 Å². The lowest BCUT2D eigenvalue weighted by Gasteiger charge is -2.35. The Morgan fingerprint density at radius 1 is 1.00 bits per heavy atom. The normalized spacial score (nSPS) is 21.0. The second-order valence-corrected chi connectivity index (χ2v) is 7.78. The molecule has 144 valence electrons. The van der Waals surface area contributed by atoms with E-state index < -0.39 is 0 Å². The van der Waals surface area contributed by atoms with Gasteiger partial charge in [0.25, 0.3) is 0 Å². The summed E-state index contributed by atoms with van der Waals surface area (Å²) in [4.78, 5) is 13.1. The summed E-state index contributed by atoms with van der Waals surface area (Å²) >= 11 is 0. The van der Waals surface area contributed by atoms with Crippen LogP contribution in [-0.2, 0) is 0 Å². The molecule has 28 heavy (non-hydrogen) atoms. The van der Waals surface area contributed by atoms with Gasteiger partial charge >= 0.3 is 0 Å². The summed E-state index contributed by atoms with van der Waals surface area (Å²) in [7, 11) is 3.39. The van der Waals surface area contributed by atoms with Crippen molar-refractivity contribution in [3.8, 4) is 11.5 Å². The molecule has 0 bridgehead atoms. The quantitative estimate of drug-likeness (QED) is 0.718. The minimum atomic E-state index is 0.341. The number of fused-ring (bicyclic) bond motifs is 4. The van der Waals surface area contributed by atoms with E-state index in [2.05, 4.69) is 40.3 Å². The fraction of sp³-hybridized carbons (Fsp3) is 0.391. The number of nitrogens with one attached hydrogen (secondary N) is 1. The average Bonchev–Trinajstić information content (AvgIpc) is 3.11. The summed E-state index contributed by atoms with van der Waals surface area (Å²) in [5.41, 5.74) is 6.71. The Kier molecular flexibility index (Phi) is 4.11. The Morgan fingerprint density at radius 2 is 1.79 bits per heavy atom. The van der Waals surface area contributed by atoms with Crippen LogP contribution in [0.1, 0.15) is 54.1 Å². The fourth-order valence-electron chi connectivity index (χ4n) is 4.79. The number of benzene rings is 2. The topological polar surface area (TPSA) is 59.5 Å². The van der Waals surface area contributed by atoms with Crippen molar-refractivity contribution in [3.05, 3.63) is 52.8 Å². The Labute approximate surface area is 164 Å². The van der Waals surface area contributed by atoms with E-state index in [0.717, 1.165) is 51.6 Å². The Hall–Kier alpha value is -2.82. The van der Waals surface area contributed by atoms with Crippen molar-refractivity contribution in [1.82, 2.24) is 9.97 Å². The largest absolute Gasteiger partial charge is 0.493 e. The summed E-state index contributed by atoms with van der Waals surface area (Å²) in [6.07, 6.45) is 4.84. The van der Waals surface area contributed by atoms with Crippen LogP contribution in [0.3, 0.4) is 0 Å². The van der Waals surface area contributed by atoms with Gasteiger partial charge in [0.2, 0.25) is 0 Å². The highest BCUT2D eigenvalue weighted by Gasteiger charge is 2.34. The smallest absolute Gasteiger partial charge is 0.161 e. The summed E-state index contributed by atoms with van der Waals surface area (Å²) in [6, 6.07) is 11.0. The lowest BCUT2D eigenvalue weighted by molar-refractivity contribution is 0.349. The number of hydrogen-bond donors (Lipinski definition) is 1. The van der Waals surface area contributed by atoms with E-state index >= 15 is 0 Å². The molecule has 1 N–H and O–H groups in total. The monoisotopic (exact) mass is 375 g/mol. The first-order valence-electron chi connectivity index (χ1n) is 9.99. The molecule has 2 aliphatic rings. The third-order valence-corrected chi connectivity index (χ3v) is 6.11. The lowest BCUT2D eigenvalue weighted by atomic mass is 9.75. The number of aryl methyl sites for hydroxylation is 1. The highest BCUT2D eigenvalue weighted by Crippen LogP contribution is 2.44. The zero-order valence-corrected chi connectivity index (χ0v) is 16.6. The second-order valence-electron chi connectivity index (χ2n) is 7.78. The number of methoxy groups -OCH3 is 2. The lowest BCUT2D eigenvalue weighted by Crippen LogP contribution is -2.29. The number of imidazole rings is 1. The molecule has 0 unspecified atom stereocenters. The van der Waals surface area contributed by atoms with Crippen molar-refractivity contribution in [2.75, 3.05) is 14.2 Å². The molecule has 3 aromatic rings. The SMILES string of the molecule is COc1cc2c(cc1OC)[C@@H]1CCCC[C@@H]1N=C2c1ccc2nc(C)[nH]c2c1. The van der Waals surface area contributed by atoms with Gasteiger partial charge in [-0.1, -0.05) is 18.9 Å². The number of ether oxygens (including phenoxy) is 2. The third kappa shape index (κ3) is 2.68. The van der Waals surface area contributed by atoms with Crippen LogP contribution in [-0.4, -0.2) is 35.9 Å². The van der Waals surface area contributed by atoms with Crippen LogP contribution in [0.2, 0.25) is 0 Å². The van der Waals surface area contributed by atoms with Crippen LogP contribution < -0.4 is 9.47 Å². The minimum Gasteiger partial charge on any atom is -0.493 e. The average molecular weight is 375 g/mol. The van der Waals surface area contributed by atoms with Gasteiger partial charge in [0.15, 0.2) is 11.5 Å². The molecule has 1 saturated carbocycles. The molecule has 5 nitrogen and oxygen atoms in total. The molecule has 1 fully saturated rings. The van der Waals surface area contributed by atoms with E-state index in [0.29, 0.717) is 12.0 Å². The second kappa shape index (κ2) is 6.66. The minimum absolute atomic E-state index is 0.341. The van der Waals surface area contributed by atoms with Crippen molar-refractivity contribution < 1.29 is 9.47 Å². The van der Waals surface area contributed by atoms with Gasteiger partial charge < -0.3 is 14.5 Å². The highest BCUT2D eigenvalue weighted by atomic mass is 16.5. The summed E-state index contributed by atoms with van der Waals surface area (Å²) in [6.45, 7) is 1.98. The standard InChI is InChI=1S/C23H25N3O2/c1-13-24-19-9-8-14(10-20(19)25-13)23-17-12-22(28-3)21(27-2)11-16(17)15-6-4-5-7-18(15)26-23/h8-12,15,18H,4-7H2,1-3H3,(H,24,25)/t15-,18-/m0/s1. The Balaban J connectivity index is 1.71.